The molecular formula is C19H21NO2. The van der Waals surface area contributed by atoms with E-state index in [-0.39, 0.29) is 12.2 Å². The van der Waals surface area contributed by atoms with Gasteiger partial charge in [-0.25, -0.2) is 4.79 Å². The molecule has 0 heterocycles. The maximum Gasteiger partial charge on any atom is 0.411 e. The second kappa shape index (κ2) is 7.12. The van der Waals surface area contributed by atoms with Crippen LogP contribution in [0.2, 0.25) is 0 Å². The highest BCUT2D eigenvalue weighted by Gasteiger charge is 2.17. The quantitative estimate of drug-likeness (QED) is 0.841. The number of hydrogen-bond acceptors (Lipinski definition) is 2. The van der Waals surface area contributed by atoms with Crippen LogP contribution in [0.1, 0.15) is 32.1 Å². The molecule has 3 rings (SSSR count). The summed E-state index contributed by atoms with van der Waals surface area (Å²) in [6.45, 7) is 0. The van der Waals surface area contributed by atoms with Gasteiger partial charge in [-0.05, 0) is 48.9 Å². The monoisotopic (exact) mass is 295 g/mol. The molecule has 0 unspecified atom stereocenters. The van der Waals surface area contributed by atoms with E-state index in [1.165, 1.54) is 12.0 Å². The number of amides is 1. The summed E-state index contributed by atoms with van der Waals surface area (Å²) in [6, 6.07) is 18.0. The van der Waals surface area contributed by atoms with Gasteiger partial charge in [0.1, 0.15) is 6.10 Å². The van der Waals surface area contributed by atoms with Crippen molar-refractivity contribution in [2.45, 2.75) is 38.2 Å². The van der Waals surface area contributed by atoms with Crippen molar-refractivity contribution in [2.75, 3.05) is 5.32 Å². The van der Waals surface area contributed by atoms with Gasteiger partial charge in [0.15, 0.2) is 0 Å². The van der Waals surface area contributed by atoms with Crippen LogP contribution < -0.4 is 5.32 Å². The van der Waals surface area contributed by atoms with Crippen molar-refractivity contribution in [3.8, 4) is 11.1 Å². The van der Waals surface area contributed by atoms with Gasteiger partial charge in [-0.3, -0.25) is 5.32 Å². The lowest BCUT2D eigenvalue weighted by molar-refractivity contribution is 0.0865. The lowest BCUT2D eigenvalue weighted by Crippen LogP contribution is -2.24. The highest BCUT2D eigenvalue weighted by atomic mass is 16.6. The molecule has 1 aliphatic carbocycles. The highest BCUT2D eigenvalue weighted by Crippen LogP contribution is 2.23. The van der Waals surface area contributed by atoms with Crippen molar-refractivity contribution in [3.05, 3.63) is 54.6 Å². The van der Waals surface area contributed by atoms with Gasteiger partial charge in [0.25, 0.3) is 0 Å². The van der Waals surface area contributed by atoms with E-state index in [0.29, 0.717) is 0 Å². The minimum absolute atomic E-state index is 0.0809. The van der Waals surface area contributed by atoms with Crippen LogP contribution in [0.25, 0.3) is 11.1 Å². The van der Waals surface area contributed by atoms with Gasteiger partial charge in [0.05, 0.1) is 0 Å². The number of ether oxygens (including phenoxy) is 1. The Bertz CT molecular complexity index is 601. The molecule has 1 saturated carbocycles. The smallest absolute Gasteiger partial charge is 0.411 e. The molecule has 1 aliphatic rings. The van der Waals surface area contributed by atoms with E-state index in [1.807, 2.05) is 42.5 Å². The first-order chi connectivity index (χ1) is 10.8. The van der Waals surface area contributed by atoms with E-state index in [1.54, 1.807) is 0 Å². The van der Waals surface area contributed by atoms with Crippen molar-refractivity contribution in [3.63, 3.8) is 0 Å². The van der Waals surface area contributed by atoms with Crippen molar-refractivity contribution in [2.24, 2.45) is 0 Å². The Hall–Kier alpha value is -2.29. The second-order valence-electron chi connectivity index (χ2n) is 5.73. The molecule has 1 N–H and O–H groups in total. The Morgan fingerprint density at radius 1 is 0.864 bits per heavy atom. The molecule has 1 fully saturated rings. The Balaban J connectivity index is 1.57. The second-order valence-corrected chi connectivity index (χ2v) is 5.73. The number of anilines is 1. The Labute approximate surface area is 131 Å². The van der Waals surface area contributed by atoms with Gasteiger partial charge >= 0.3 is 6.09 Å². The molecule has 2 aromatic carbocycles. The molecular weight excluding hydrogens is 274 g/mol. The van der Waals surface area contributed by atoms with Crippen LogP contribution in [-0.2, 0) is 4.74 Å². The molecule has 0 bridgehead atoms. The number of nitrogens with one attached hydrogen (secondary N) is 1. The van der Waals surface area contributed by atoms with E-state index < -0.39 is 0 Å². The first-order valence-corrected chi connectivity index (χ1v) is 7.94. The summed E-state index contributed by atoms with van der Waals surface area (Å²) in [4.78, 5) is 11.9. The largest absolute Gasteiger partial charge is 0.446 e. The first-order valence-electron chi connectivity index (χ1n) is 7.94. The number of benzene rings is 2. The van der Waals surface area contributed by atoms with Crippen LogP contribution in [0, 0.1) is 0 Å². The normalized spacial score (nSPS) is 15.3. The zero-order valence-corrected chi connectivity index (χ0v) is 12.6. The Morgan fingerprint density at radius 2 is 1.50 bits per heavy atom. The number of carbonyl (C=O) groups excluding carboxylic acids is 1. The lowest BCUT2D eigenvalue weighted by Gasteiger charge is -2.21. The summed E-state index contributed by atoms with van der Waals surface area (Å²) < 4.78 is 5.46. The van der Waals surface area contributed by atoms with E-state index >= 15 is 0 Å². The van der Waals surface area contributed by atoms with Crippen LogP contribution in [0.4, 0.5) is 10.5 Å². The standard InChI is InChI=1S/C19H21NO2/c21-19(22-18-9-5-2-6-10-18)20-17-13-11-16(12-14-17)15-7-3-1-4-8-15/h1,3-4,7-8,11-14,18H,2,5-6,9-10H2,(H,20,21). The molecule has 0 radical (unpaired) electrons. The minimum Gasteiger partial charge on any atom is -0.446 e. The van der Waals surface area contributed by atoms with Gasteiger partial charge in [0, 0.05) is 5.69 Å². The predicted molar refractivity (Wildman–Crippen MR) is 88.9 cm³/mol. The molecule has 0 aliphatic heterocycles. The van der Waals surface area contributed by atoms with Gasteiger partial charge in [-0.1, -0.05) is 48.9 Å². The first kappa shape index (κ1) is 14.6. The van der Waals surface area contributed by atoms with Crippen molar-refractivity contribution >= 4 is 11.8 Å². The number of hydrogen-bond donors (Lipinski definition) is 1. The van der Waals surface area contributed by atoms with E-state index in [9.17, 15) is 4.79 Å². The molecule has 22 heavy (non-hydrogen) atoms. The van der Waals surface area contributed by atoms with Crippen LogP contribution >= 0.6 is 0 Å². The molecule has 3 nitrogen and oxygen atoms in total. The minimum atomic E-state index is -0.348. The van der Waals surface area contributed by atoms with Gasteiger partial charge in [0.2, 0.25) is 0 Å². The average molecular weight is 295 g/mol. The van der Waals surface area contributed by atoms with Crippen LogP contribution in [0.5, 0.6) is 0 Å². The summed E-state index contributed by atoms with van der Waals surface area (Å²) in [5, 5.41) is 2.81. The lowest BCUT2D eigenvalue weighted by atomic mass is 9.98. The van der Waals surface area contributed by atoms with Gasteiger partial charge in [-0.15, -0.1) is 0 Å². The Kier molecular flexibility index (Phi) is 4.74. The van der Waals surface area contributed by atoms with Crippen molar-refractivity contribution < 1.29 is 9.53 Å². The van der Waals surface area contributed by atoms with Crippen molar-refractivity contribution in [1.82, 2.24) is 0 Å². The number of carbonyl (C=O) groups is 1. The summed E-state index contributed by atoms with van der Waals surface area (Å²) in [5.41, 5.74) is 3.06. The molecule has 0 spiro atoms. The molecule has 0 aromatic heterocycles. The maximum absolute atomic E-state index is 11.9. The summed E-state index contributed by atoms with van der Waals surface area (Å²) >= 11 is 0. The van der Waals surface area contributed by atoms with Gasteiger partial charge in [-0.2, -0.15) is 0 Å². The Morgan fingerprint density at radius 3 is 2.18 bits per heavy atom. The molecule has 0 atom stereocenters. The fraction of sp³-hybridized carbons (Fsp3) is 0.316. The third-order valence-electron chi connectivity index (χ3n) is 4.06. The van der Waals surface area contributed by atoms with Crippen LogP contribution in [-0.4, -0.2) is 12.2 Å². The molecule has 3 heteroatoms. The van der Waals surface area contributed by atoms with Crippen molar-refractivity contribution in [1.29, 1.82) is 0 Å². The van der Waals surface area contributed by atoms with Crippen LogP contribution in [0.3, 0.4) is 0 Å². The molecule has 2 aromatic rings. The zero-order valence-electron chi connectivity index (χ0n) is 12.6. The average Bonchev–Trinajstić information content (AvgIpc) is 2.57. The van der Waals surface area contributed by atoms with Gasteiger partial charge < -0.3 is 4.74 Å². The topological polar surface area (TPSA) is 38.3 Å². The fourth-order valence-corrected chi connectivity index (χ4v) is 2.86. The number of rotatable bonds is 3. The summed E-state index contributed by atoms with van der Waals surface area (Å²) in [6.07, 6.45) is 5.27. The molecule has 114 valence electrons. The highest BCUT2D eigenvalue weighted by molar-refractivity contribution is 5.85. The van der Waals surface area contributed by atoms with E-state index in [4.69, 9.17) is 4.74 Å². The third-order valence-corrected chi connectivity index (χ3v) is 4.06. The third kappa shape index (κ3) is 3.88. The molecule has 1 amide bonds. The van der Waals surface area contributed by atoms with Crippen LogP contribution in [0.15, 0.2) is 54.6 Å². The summed E-state index contributed by atoms with van der Waals surface area (Å²) in [5.74, 6) is 0. The molecule has 0 saturated heterocycles. The maximum atomic E-state index is 11.9. The fourth-order valence-electron chi connectivity index (χ4n) is 2.86. The van der Waals surface area contributed by atoms with E-state index in [2.05, 4.69) is 17.4 Å². The predicted octanol–water partition coefficient (Wildman–Crippen LogP) is 5.23. The summed E-state index contributed by atoms with van der Waals surface area (Å²) in [7, 11) is 0. The van der Waals surface area contributed by atoms with E-state index in [0.717, 1.165) is 36.9 Å². The zero-order chi connectivity index (χ0) is 15.2. The SMILES string of the molecule is O=C(Nc1ccc(-c2ccccc2)cc1)OC1CCCCC1.